The Bertz CT molecular complexity index is 699. The maximum Gasteiger partial charge on any atom is 0.408 e. The Hall–Kier alpha value is -3.08. The topological polar surface area (TPSA) is 172 Å². The molecule has 0 heterocycles. The van der Waals surface area contributed by atoms with Gasteiger partial charge in [-0.25, -0.2) is 9.59 Å². The molecule has 7 N–H and O–H groups in total. The van der Waals surface area contributed by atoms with Gasteiger partial charge in [0, 0.05) is 12.2 Å². The highest BCUT2D eigenvalue weighted by Crippen LogP contribution is 2.10. The fourth-order valence-electron chi connectivity index (χ4n) is 2.54. The van der Waals surface area contributed by atoms with E-state index in [2.05, 4.69) is 27.8 Å². The average Bonchev–Trinajstić information content (AvgIpc) is 2.65. The van der Waals surface area contributed by atoms with Gasteiger partial charge in [0.25, 0.3) is 0 Å². The molecule has 0 aliphatic heterocycles. The molecule has 0 bridgehead atoms. The quantitative estimate of drug-likeness (QED) is 0.186. The molecule has 5 amide bonds. The minimum atomic E-state index is -1.00. The van der Waals surface area contributed by atoms with E-state index in [0.717, 1.165) is 0 Å². The number of hydrogen-bond donors (Lipinski definition) is 6. The van der Waals surface area contributed by atoms with Gasteiger partial charge in [-0.15, -0.1) is 0 Å². The van der Waals surface area contributed by atoms with Crippen LogP contribution in [0.3, 0.4) is 0 Å². The zero-order valence-electron chi connectivity index (χ0n) is 19.5. The van der Waals surface area contributed by atoms with Crippen LogP contribution in [0, 0.1) is 5.92 Å². The van der Waals surface area contributed by atoms with Crippen molar-refractivity contribution in [1.82, 2.24) is 21.3 Å². The van der Waals surface area contributed by atoms with Crippen molar-refractivity contribution in [3.63, 3.8) is 0 Å². The summed E-state index contributed by atoms with van der Waals surface area (Å²) in [7, 11) is 0. The first-order valence-electron chi connectivity index (χ1n) is 10.4. The predicted octanol–water partition coefficient (Wildman–Crippen LogP) is 0.647. The van der Waals surface area contributed by atoms with E-state index in [1.807, 2.05) is 0 Å². The third-order valence-electron chi connectivity index (χ3n) is 4.00. The third kappa shape index (κ3) is 12.6. The van der Waals surface area contributed by atoms with Gasteiger partial charge in [-0.05, 0) is 45.6 Å². The lowest BCUT2D eigenvalue weighted by atomic mass is 10.0. The van der Waals surface area contributed by atoms with Crippen LogP contribution in [0.5, 0.6) is 0 Å². The number of allylic oxidation sites excluding steroid dienone is 2. The Morgan fingerprint density at radius 2 is 1.75 bits per heavy atom. The van der Waals surface area contributed by atoms with Crippen LogP contribution in [0.1, 0.15) is 47.5 Å². The lowest BCUT2D eigenvalue weighted by Gasteiger charge is -2.27. The Kier molecular flexibility index (Phi) is 12.7. The maximum absolute atomic E-state index is 12.9. The molecular formula is C21H37N5O6. The highest BCUT2D eigenvalue weighted by molar-refractivity contribution is 5.92. The summed E-state index contributed by atoms with van der Waals surface area (Å²) in [4.78, 5) is 48.6. The molecule has 0 fully saturated rings. The minimum Gasteiger partial charge on any atom is -0.444 e. The van der Waals surface area contributed by atoms with Crippen molar-refractivity contribution in [2.75, 3.05) is 13.2 Å². The first-order valence-corrected chi connectivity index (χ1v) is 10.4. The zero-order chi connectivity index (χ0) is 24.9. The summed E-state index contributed by atoms with van der Waals surface area (Å²) in [5, 5.41) is 19.4. The van der Waals surface area contributed by atoms with Gasteiger partial charge in [-0.3, -0.25) is 9.59 Å². The van der Waals surface area contributed by atoms with E-state index >= 15 is 0 Å². The number of hydrogen-bond acceptors (Lipinski definition) is 6. The first-order chi connectivity index (χ1) is 14.8. The van der Waals surface area contributed by atoms with E-state index in [9.17, 15) is 24.3 Å². The average molecular weight is 456 g/mol. The summed E-state index contributed by atoms with van der Waals surface area (Å²) in [6.45, 7) is 11.9. The summed E-state index contributed by atoms with van der Waals surface area (Å²) in [6.07, 6.45) is 2.58. The van der Waals surface area contributed by atoms with E-state index in [1.165, 1.54) is 12.2 Å². The Labute approximate surface area is 189 Å². The molecule has 0 aliphatic rings. The van der Waals surface area contributed by atoms with Gasteiger partial charge in [0.15, 0.2) is 0 Å². The second kappa shape index (κ2) is 14.1. The second-order valence-corrected chi connectivity index (χ2v) is 8.44. The van der Waals surface area contributed by atoms with Crippen molar-refractivity contribution < 1.29 is 29.0 Å². The SMILES string of the molecule is C=C/C=C(\CO)NC(=O)[C@H](CCCNC(N)=O)NC(=O)[C@@H](NC(=O)OC(C)(C)C)C(C)C. The van der Waals surface area contributed by atoms with E-state index in [1.54, 1.807) is 34.6 Å². The standard InChI is InChI=1S/C21H37N5O6/c1-7-9-14(12-27)24-17(28)15(10-8-11-23-19(22)30)25-18(29)16(13(2)3)26-20(31)32-21(4,5)6/h7,9,13,15-16,27H,1,8,10-12H2,2-6H3,(H,24,28)(H,25,29)(H,26,31)(H3,22,23,30)/b14-9+/t15-,16-/m0/s1. The maximum atomic E-state index is 12.9. The molecule has 2 atom stereocenters. The first kappa shape index (κ1) is 28.9. The second-order valence-electron chi connectivity index (χ2n) is 8.44. The van der Waals surface area contributed by atoms with Crippen LogP contribution in [-0.4, -0.2) is 59.9 Å². The summed E-state index contributed by atoms with van der Waals surface area (Å²) in [6, 6.07) is -2.66. The van der Waals surface area contributed by atoms with Gasteiger partial charge in [-0.2, -0.15) is 0 Å². The monoisotopic (exact) mass is 455 g/mol. The molecule has 0 aromatic carbocycles. The molecule has 0 aromatic rings. The lowest BCUT2D eigenvalue weighted by molar-refractivity contribution is -0.130. The molecule has 0 saturated heterocycles. The number of nitrogens with one attached hydrogen (secondary N) is 4. The van der Waals surface area contributed by atoms with Crippen molar-refractivity contribution in [1.29, 1.82) is 0 Å². The Morgan fingerprint density at radius 1 is 1.12 bits per heavy atom. The Morgan fingerprint density at radius 3 is 2.22 bits per heavy atom. The molecule has 182 valence electrons. The van der Waals surface area contributed by atoms with Crippen LogP contribution in [0.4, 0.5) is 9.59 Å². The van der Waals surface area contributed by atoms with Crippen molar-refractivity contribution in [3.8, 4) is 0 Å². The van der Waals surface area contributed by atoms with Crippen LogP contribution in [0.2, 0.25) is 0 Å². The van der Waals surface area contributed by atoms with Crippen LogP contribution < -0.4 is 27.0 Å². The van der Waals surface area contributed by atoms with Crippen LogP contribution in [-0.2, 0) is 14.3 Å². The third-order valence-corrected chi connectivity index (χ3v) is 4.00. The molecular weight excluding hydrogens is 418 g/mol. The molecule has 0 saturated carbocycles. The number of amides is 5. The number of carbonyl (C=O) groups excluding carboxylic acids is 4. The van der Waals surface area contributed by atoms with Crippen molar-refractivity contribution >= 4 is 23.9 Å². The number of rotatable bonds is 12. The molecule has 0 aliphatic carbocycles. The molecule has 0 spiro atoms. The van der Waals surface area contributed by atoms with Gasteiger partial charge >= 0.3 is 12.1 Å². The molecule has 0 rings (SSSR count). The largest absolute Gasteiger partial charge is 0.444 e. The van der Waals surface area contributed by atoms with Gasteiger partial charge in [0.05, 0.1) is 6.61 Å². The van der Waals surface area contributed by atoms with Crippen LogP contribution in [0.25, 0.3) is 0 Å². The van der Waals surface area contributed by atoms with Gasteiger partial charge < -0.3 is 36.8 Å². The number of urea groups is 1. The normalized spacial score (nSPS) is 13.5. The summed E-state index contributed by atoms with van der Waals surface area (Å²) in [5.74, 6) is -1.44. The van der Waals surface area contributed by atoms with Crippen LogP contribution >= 0.6 is 0 Å². The summed E-state index contributed by atoms with van der Waals surface area (Å²) >= 11 is 0. The lowest BCUT2D eigenvalue weighted by Crippen LogP contribution is -2.56. The van der Waals surface area contributed by atoms with Crippen molar-refractivity contribution in [2.45, 2.75) is 65.1 Å². The fraction of sp³-hybridized carbons (Fsp3) is 0.619. The summed E-state index contributed by atoms with van der Waals surface area (Å²) in [5.41, 5.74) is 4.50. The van der Waals surface area contributed by atoms with Gasteiger partial charge in [-0.1, -0.05) is 26.5 Å². The molecule has 32 heavy (non-hydrogen) atoms. The molecule has 0 radical (unpaired) electrons. The van der Waals surface area contributed by atoms with E-state index in [4.69, 9.17) is 10.5 Å². The number of aliphatic hydroxyl groups is 1. The highest BCUT2D eigenvalue weighted by atomic mass is 16.6. The van der Waals surface area contributed by atoms with Crippen LogP contribution in [0.15, 0.2) is 24.4 Å². The number of primary amides is 1. The van der Waals surface area contributed by atoms with Crippen molar-refractivity contribution in [2.24, 2.45) is 11.7 Å². The van der Waals surface area contributed by atoms with Gasteiger partial charge in [0.1, 0.15) is 17.7 Å². The smallest absolute Gasteiger partial charge is 0.408 e. The van der Waals surface area contributed by atoms with E-state index < -0.39 is 48.2 Å². The number of aliphatic hydroxyl groups excluding tert-OH is 1. The van der Waals surface area contributed by atoms with Crippen molar-refractivity contribution in [3.05, 3.63) is 24.4 Å². The molecule has 0 unspecified atom stereocenters. The minimum absolute atomic E-state index is 0.169. The molecule has 0 aromatic heterocycles. The highest BCUT2D eigenvalue weighted by Gasteiger charge is 2.30. The Balaban J connectivity index is 5.39. The van der Waals surface area contributed by atoms with Gasteiger partial charge in [0.2, 0.25) is 11.8 Å². The van der Waals surface area contributed by atoms with E-state index in [0.29, 0.717) is 6.42 Å². The predicted molar refractivity (Wildman–Crippen MR) is 120 cm³/mol. The molecule has 11 heteroatoms. The number of nitrogens with two attached hydrogens (primary N) is 1. The zero-order valence-corrected chi connectivity index (χ0v) is 19.5. The number of carbonyl (C=O) groups is 4. The fourth-order valence-corrected chi connectivity index (χ4v) is 2.54. The number of ether oxygens (including phenoxy) is 1. The summed E-state index contributed by atoms with van der Waals surface area (Å²) < 4.78 is 5.21. The molecule has 11 nitrogen and oxygen atoms in total. The number of alkyl carbamates (subject to hydrolysis) is 1. The van der Waals surface area contributed by atoms with E-state index in [-0.39, 0.29) is 24.6 Å².